The predicted molar refractivity (Wildman–Crippen MR) is 62.2 cm³/mol. The monoisotopic (exact) mass is 238 g/mol. The van der Waals surface area contributed by atoms with E-state index in [0.29, 0.717) is 22.6 Å². The fourth-order valence-corrected chi connectivity index (χ4v) is 3.05. The first-order valence-corrected chi connectivity index (χ1v) is 6.38. The van der Waals surface area contributed by atoms with Crippen LogP contribution in [0.3, 0.4) is 0 Å². The van der Waals surface area contributed by atoms with Crippen LogP contribution in [0.2, 0.25) is 0 Å². The molecule has 0 heterocycles. The van der Waals surface area contributed by atoms with Gasteiger partial charge in [-0.15, -0.1) is 0 Å². The molecule has 0 saturated heterocycles. The van der Waals surface area contributed by atoms with Crippen LogP contribution >= 0.6 is 0 Å². The average Bonchev–Trinajstić information content (AvgIpc) is 2.33. The number of aliphatic hydroxyl groups excluding tert-OH is 2. The van der Waals surface area contributed by atoms with Gasteiger partial charge in [0, 0.05) is 9.80 Å². The second-order valence-electron chi connectivity index (χ2n) is 3.78. The van der Waals surface area contributed by atoms with Gasteiger partial charge >= 0.3 is 0 Å². The molecule has 1 aromatic rings. The Balaban J connectivity index is 2.26. The normalized spacial score (nSPS) is 27.2. The number of hydrogen-bond acceptors (Lipinski definition) is 3. The number of rotatable bonds is 2. The van der Waals surface area contributed by atoms with Crippen molar-refractivity contribution in [3.8, 4) is 0 Å². The van der Waals surface area contributed by atoms with E-state index in [2.05, 4.69) is 0 Å². The largest absolute Gasteiger partial charge is 0.390 e. The van der Waals surface area contributed by atoms with Crippen molar-refractivity contribution in [3.05, 3.63) is 41.3 Å². The summed E-state index contributed by atoms with van der Waals surface area (Å²) in [5.41, 5.74) is 0. The van der Waals surface area contributed by atoms with Crippen molar-refractivity contribution in [1.29, 1.82) is 0 Å². The van der Waals surface area contributed by atoms with E-state index in [4.69, 9.17) is 0 Å². The Bertz CT molecular complexity index is 414. The van der Waals surface area contributed by atoms with E-state index in [1.165, 1.54) is 0 Å². The molecule has 0 saturated carbocycles. The Morgan fingerprint density at radius 1 is 1.19 bits per heavy atom. The highest BCUT2D eigenvalue weighted by Gasteiger charge is 2.28. The molecule has 1 unspecified atom stereocenters. The summed E-state index contributed by atoms with van der Waals surface area (Å²) in [6.07, 6.45) is 1.14. The molecule has 0 radical (unpaired) electrons. The maximum atomic E-state index is 12.1. The van der Waals surface area contributed by atoms with Crippen LogP contribution in [0.1, 0.15) is 12.8 Å². The Morgan fingerprint density at radius 3 is 2.56 bits per heavy atom. The molecule has 0 bridgehead atoms. The highest BCUT2D eigenvalue weighted by Crippen LogP contribution is 2.25. The van der Waals surface area contributed by atoms with Gasteiger partial charge < -0.3 is 10.2 Å². The van der Waals surface area contributed by atoms with E-state index >= 15 is 0 Å². The van der Waals surface area contributed by atoms with Crippen molar-refractivity contribution in [2.24, 2.45) is 0 Å². The van der Waals surface area contributed by atoms with E-state index in [9.17, 15) is 14.4 Å². The quantitative estimate of drug-likeness (QED) is 0.814. The van der Waals surface area contributed by atoms with Crippen molar-refractivity contribution in [3.63, 3.8) is 0 Å². The summed E-state index contributed by atoms with van der Waals surface area (Å²) in [6.45, 7) is 0. The fourth-order valence-electron chi connectivity index (χ4n) is 1.73. The van der Waals surface area contributed by atoms with Crippen LogP contribution < -0.4 is 0 Å². The highest BCUT2D eigenvalue weighted by molar-refractivity contribution is 7.89. The third kappa shape index (κ3) is 2.24. The molecule has 3 nitrogen and oxygen atoms in total. The topological polar surface area (TPSA) is 57.5 Å². The van der Waals surface area contributed by atoms with E-state index in [1.54, 1.807) is 30.3 Å². The summed E-state index contributed by atoms with van der Waals surface area (Å²) >= 11 is 0. The minimum atomic E-state index is -1.37. The lowest BCUT2D eigenvalue weighted by Gasteiger charge is -2.24. The molecule has 1 aliphatic rings. The van der Waals surface area contributed by atoms with Crippen LogP contribution in [0.15, 0.2) is 46.2 Å². The molecule has 0 aliphatic heterocycles. The van der Waals surface area contributed by atoms with Gasteiger partial charge in [-0.3, -0.25) is 0 Å². The molecule has 3 atom stereocenters. The van der Waals surface area contributed by atoms with Crippen molar-refractivity contribution in [1.82, 2.24) is 0 Å². The lowest BCUT2D eigenvalue weighted by molar-refractivity contribution is 0.0362. The third-order valence-corrected chi connectivity index (χ3v) is 4.17. The van der Waals surface area contributed by atoms with Gasteiger partial charge in [0.15, 0.2) is 0 Å². The average molecular weight is 238 g/mol. The summed E-state index contributed by atoms with van der Waals surface area (Å²) < 4.78 is 12.1. The first kappa shape index (κ1) is 11.5. The zero-order chi connectivity index (χ0) is 11.5. The first-order chi connectivity index (χ1) is 7.70. The Kier molecular flexibility index (Phi) is 3.53. The molecule has 4 heteroatoms. The van der Waals surface area contributed by atoms with Crippen LogP contribution in [0.25, 0.3) is 0 Å². The second kappa shape index (κ2) is 4.91. The number of benzene rings is 1. The van der Waals surface area contributed by atoms with Gasteiger partial charge in [0.05, 0.1) is 16.9 Å². The van der Waals surface area contributed by atoms with Gasteiger partial charge in [-0.25, -0.2) is 4.21 Å². The molecular weight excluding hydrogens is 224 g/mol. The molecule has 0 spiro atoms. The number of allylic oxidation sites excluding steroid dienone is 1. The van der Waals surface area contributed by atoms with Crippen LogP contribution in [0.4, 0.5) is 0 Å². The standard InChI is InChI=1S/C12H14O3S/c13-10-7-4-8-11(12(10)14)16(15)9-5-2-1-3-6-9/h1-3,5-6,8,10,12-14H,4,7H2/t10-,12+,16?/m1/s1. The lowest BCUT2D eigenvalue weighted by Crippen LogP contribution is -2.32. The van der Waals surface area contributed by atoms with Crippen LogP contribution in [0, 0.1) is 0 Å². The van der Waals surface area contributed by atoms with Crippen LogP contribution in [-0.2, 0) is 10.8 Å². The Hall–Kier alpha value is -0.970. The van der Waals surface area contributed by atoms with Gasteiger partial charge in [0.1, 0.15) is 6.10 Å². The molecule has 1 aliphatic carbocycles. The van der Waals surface area contributed by atoms with Crippen molar-refractivity contribution in [2.45, 2.75) is 29.9 Å². The van der Waals surface area contributed by atoms with E-state index < -0.39 is 23.0 Å². The summed E-state index contributed by atoms with van der Waals surface area (Å²) in [7, 11) is -1.37. The Morgan fingerprint density at radius 2 is 1.88 bits per heavy atom. The van der Waals surface area contributed by atoms with Gasteiger partial charge in [0.25, 0.3) is 0 Å². The Labute approximate surface area is 96.9 Å². The maximum absolute atomic E-state index is 12.1. The minimum absolute atomic E-state index is 0.421. The zero-order valence-electron chi connectivity index (χ0n) is 8.74. The summed E-state index contributed by atoms with van der Waals surface area (Å²) in [5, 5.41) is 19.3. The van der Waals surface area contributed by atoms with E-state index in [-0.39, 0.29) is 0 Å². The third-order valence-electron chi connectivity index (χ3n) is 2.64. The van der Waals surface area contributed by atoms with Gasteiger partial charge in [0.2, 0.25) is 0 Å². The summed E-state index contributed by atoms with van der Waals surface area (Å²) in [4.78, 5) is 1.08. The molecule has 16 heavy (non-hydrogen) atoms. The first-order valence-electron chi connectivity index (χ1n) is 5.23. The second-order valence-corrected chi connectivity index (χ2v) is 5.26. The van der Waals surface area contributed by atoms with Crippen molar-refractivity contribution in [2.75, 3.05) is 0 Å². The van der Waals surface area contributed by atoms with E-state index in [1.807, 2.05) is 6.07 Å². The van der Waals surface area contributed by atoms with Crippen molar-refractivity contribution < 1.29 is 14.4 Å². The van der Waals surface area contributed by atoms with Crippen LogP contribution in [0.5, 0.6) is 0 Å². The maximum Gasteiger partial charge on any atom is 0.113 e. The molecule has 86 valence electrons. The zero-order valence-corrected chi connectivity index (χ0v) is 9.56. The smallest absolute Gasteiger partial charge is 0.113 e. The SMILES string of the molecule is O=S(C1=CCC[C@@H](O)[C@@H]1O)c1ccccc1. The molecule has 0 aromatic heterocycles. The fraction of sp³-hybridized carbons (Fsp3) is 0.333. The lowest BCUT2D eigenvalue weighted by atomic mass is 10.0. The van der Waals surface area contributed by atoms with Crippen LogP contribution in [-0.4, -0.2) is 26.6 Å². The highest BCUT2D eigenvalue weighted by atomic mass is 32.2. The van der Waals surface area contributed by atoms with Gasteiger partial charge in [-0.2, -0.15) is 0 Å². The van der Waals surface area contributed by atoms with Gasteiger partial charge in [-0.1, -0.05) is 24.3 Å². The number of hydrogen-bond donors (Lipinski definition) is 2. The van der Waals surface area contributed by atoms with Gasteiger partial charge in [-0.05, 0) is 25.0 Å². The predicted octanol–water partition coefficient (Wildman–Crippen LogP) is 1.19. The molecule has 0 amide bonds. The molecule has 1 aromatic carbocycles. The molecule has 0 fully saturated rings. The molecule has 2 rings (SSSR count). The molecule has 2 N–H and O–H groups in total. The molecular formula is C12H14O3S. The summed E-state index contributed by atoms with van der Waals surface area (Å²) in [5.74, 6) is 0. The number of aliphatic hydroxyl groups is 2. The summed E-state index contributed by atoms with van der Waals surface area (Å²) in [6, 6.07) is 8.97. The minimum Gasteiger partial charge on any atom is -0.390 e. The van der Waals surface area contributed by atoms with Crippen molar-refractivity contribution >= 4 is 10.8 Å². The van der Waals surface area contributed by atoms with E-state index in [0.717, 1.165) is 0 Å².